The fraction of sp³-hybridized carbons (Fsp3) is 0.254. The standard InChI is InChI=1S/C52H46FN5O7.C11H14FN5O3/c1-60-40-23-15-35(16-24-40)51(34-11-7-5-8-12-34,36-17-25-41(61-2)26-18-36)57-48-46-49(55-32-54-48)58(33-56-46)50-45(53)47(44(31-59)64-50)65-52(37-13-9-6-10-14-37,38-19-27-42(62-3)28-20-38)39-21-29-43(63-4)30-22-39;1-4(18)8-7(19)5(12)11(20-8)17-3-16-6-9(13)14-2-15-10(6)17/h5-33,44-45,47,50H,1-4H3,(H,54,55,57);2-5,7-8,11,18-19H,1H3,(H2,13,14,15)/t44-,45-,47+,50-;4?,5-,7+,8-,11-/m11/s1. The number of fused-ring (bicyclic) bond motifs is 2. The topological polar surface area (TPSA) is 247 Å². The van der Waals surface area contributed by atoms with Gasteiger partial charge in [0.05, 0.1) is 47.2 Å². The van der Waals surface area contributed by atoms with E-state index in [2.05, 4.69) is 25.3 Å². The van der Waals surface area contributed by atoms with Gasteiger partial charge >= 0.3 is 0 Å². The maximum atomic E-state index is 17.7. The Labute approximate surface area is 486 Å². The minimum atomic E-state index is -1.89. The van der Waals surface area contributed by atoms with Crippen molar-refractivity contribution in [3.8, 4) is 23.0 Å². The number of aromatic nitrogens is 8. The van der Waals surface area contributed by atoms with Crippen LogP contribution < -0.4 is 30.0 Å². The molecule has 0 spiro atoms. The third-order valence-corrected chi connectivity index (χ3v) is 15.4. The number of ether oxygens (including phenoxy) is 7. The zero-order chi connectivity index (χ0) is 59.4. The number of nitrogens with one attached hydrogen (secondary N) is 1. The number of benzene rings is 6. The number of methoxy groups -OCH3 is 4. The smallest absolute Gasteiger partial charge is 0.174 e. The number of carbonyl (C=O) groups is 1. The predicted molar refractivity (Wildman–Crippen MR) is 310 cm³/mol. The van der Waals surface area contributed by atoms with Gasteiger partial charge in [0.2, 0.25) is 0 Å². The molecule has 9 atom stereocenters. The van der Waals surface area contributed by atoms with Gasteiger partial charge in [-0.25, -0.2) is 38.7 Å². The van der Waals surface area contributed by atoms with Crippen molar-refractivity contribution >= 4 is 40.2 Å². The molecule has 6 heterocycles. The quantitative estimate of drug-likeness (QED) is 0.0465. The van der Waals surface area contributed by atoms with Crippen molar-refractivity contribution in [1.82, 2.24) is 39.0 Å². The minimum Gasteiger partial charge on any atom is -0.497 e. The highest BCUT2D eigenvalue weighted by atomic mass is 19.1. The first-order chi connectivity index (χ1) is 41.4. The number of imidazole rings is 2. The largest absolute Gasteiger partial charge is 0.497 e. The van der Waals surface area contributed by atoms with Gasteiger partial charge in [-0.3, -0.25) is 9.13 Å². The fourth-order valence-corrected chi connectivity index (χ4v) is 11.1. The summed E-state index contributed by atoms with van der Waals surface area (Å²) in [5.74, 6) is 3.17. The third-order valence-electron chi connectivity index (χ3n) is 15.4. The second-order valence-electron chi connectivity index (χ2n) is 20.2. The van der Waals surface area contributed by atoms with E-state index >= 15 is 4.39 Å². The van der Waals surface area contributed by atoms with E-state index < -0.39 is 66.5 Å². The first-order valence-corrected chi connectivity index (χ1v) is 27.0. The summed E-state index contributed by atoms with van der Waals surface area (Å²) in [6.07, 6.45) is -6.27. The Hall–Kier alpha value is -9.45. The summed E-state index contributed by atoms with van der Waals surface area (Å²) < 4.78 is 75.6. The fourth-order valence-electron chi connectivity index (χ4n) is 11.1. The molecular formula is C63H60F2N10O10. The molecule has 1 unspecified atom stereocenters. The van der Waals surface area contributed by atoms with Crippen molar-refractivity contribution in [2.75, 3.05) is 39.5 Å². The average Bonchev–Trinajstić information content (AvgIpc) is 2.44. The van der Waals surface area contributed by atoms with Crippen LogP contribution in [0.25, 0.3) is 22.3 Å². The Morgan fingerprint density at radius 1 is 0.576 bits per heavy atom. The first kappa shape index (κ1) is 57.4. The molecule has 10 aromatic rings. The number of rotatable bonds is 18. The predicted octanol–water partition coefficient (Wildman–Crippen LogP) is 8.46. The van der Waals surface area contributed by atoms with Gasteiger partial charge in [-0.15, -0.1) is 0 Å². The van der Waals surface area contributed by atoms with Crippen molar-refractivity contribution in [2.24, 2.45) is 0 Å². The van der Waals surface area contributed by atoms with Crippen molar-refractivity contribution in [1.29, 1.82) is 0 Å². The lowest BCUT2D eigenvalue weighted by Gasteiger charge is -2.39. The van der Waals surface area contributed by atoms with Gasteiger partial charge in [0.15, 0.2) is 59.5 Å². The van der Waals surface area contributed by atoms with Crippen LogP contribution in [0.4, 0.5) is 20.4 Å². The molecule has 85 heavy (non-hydrogen) atoms. The molecule has 6 aromatic carbocycles. The number of aldehydes is 1. The van der Waals surface area contributed by atoms with Crippen molar-refractivity contribution < 1.29 is 56.9 Å². The lowest BCUT2D eigenvalue weighted by molar-refractivity contribution is -0.131. The molecule has 22 heteroatoms. The van der Waals surface area contributed by atoms with E-state index in [0.29, 0.717) is 68.5 Å². The lowest BCUT2D eigenvalue weighted by Crippen LogP contribution is -2.43. The number of carbonyl (C=O) groups excluding carboxylic acids is 1. The Morgan fingerprint density at radius 3 is 1.47 bits per heavy atom. The number of nitrogens with zero attached hydrogens (tertiary/aromatic N) is 8. The van der Waals surface area contributed by atoms with Gasteiger partial charge in [-0.05, 0) is 88.8 Å². The summed E-state index contributed by atoms with van der Waals surface area (Å²) >= 11 is 0. The molecule has 0 bridgehead atoms. The summed E-state index contributed by atoms with van der Waals surface area (Å²) in [5.41, 5.74) is 9.09. The number of hydrogen-bond donors (Lipinski definition) is 4. The molecule has 20 nitrogen and oxygen atoms in total. The van der Waals surface area contributed by atoms with Gasteiger partial charge in [0, 0.05) is 0 Å². The lowest BCUT2D eigenvalue weighted by atomic mass is 9.77. The van der Waals surface area contributed by atoms with E-state index in [1.165, 1.54) is 41.4 Å². The highest BCUT2D eigenvalue weighted by Crippen LogP contribution is 2.48. The Kier molecular flexibility index (Phi) is 16.5. The van der Waals surface area contributed by atoms with E-state index in [1.54, 1.807) is 28.4 Å². The second kappa shape index (κ2) is 24.4. The molecule has 2 saturated heterocycles. The van der Waals surface area contributed by atoms with Crippen LogP contribution in [0.2, 0.25) is 0 Å². The highest BCUT2D eigenvalue weighted by Gasteiger charge is 2.53. The van der Waals surface area contributed by atoms with E-state index in [9.17, 15) is 19.4 Å². The zero-order valence-electron chi connectivity index (χ0n) is 46.7. The monoisotopic (exact) mass is 1150 g/mol. The van der Waals surface area contributed by atoms with Crippen LogP contribution >= 0.6 is 0 Å². The zero-order valence-corrected chi connectivity index (χ0v) is 46.7. The SMILES string of the molecule is CC(O)[C@H]1O[C@@H](n2cnc3c(N)ncnc32)[C@H](F)[C@@H]1O.COc1ccc(C(Nc2ncnc3c2ncn3[C@@H]2O[C@H](C=O)[C@H](OC(c3ccccc3)(c3ccc(OC)cc3)c3ccc(OC)cc3)[C@H]2F)(c2ccccc2)c2ccc(OC)cc2)cc1. The number of aliphatic hydroxyl groups excluding tert-OH is 2. The van der Waals surface area contributed by atoms with Crippen LogP contribution in [0, 0.1) is 0 Å². The van der Waals surface area contributed by atoms with Crippen molar-refractivity contribution in [2.45, 2.75) is 73.4 Å². The average molecular weight is 1160 g/mol. The summed E-state index contributed by atoms with van der Waals surface area (Å²) in [5, 5.41) is 23.0. The number of aliphatic hydroxyl groups is 2. The Bertz CT molecular complexity index is 3770. The van der Waals surface area contributed by atoms with Crippen LogP contribution in [0.3, 0.4) is 0 Å². The summed E-state index contributed by atoms with van der Waals surface area (Å²) in [6.45, 7) is 1.43. The molecule has 0 aliphatic carbocycles. The maximum Gasteiger partial charge on any atom is 0.174 e. The molecule has 12 rings (SSSR count). The molecule has 0 amide bonds. The number of alkyl halides is 2. The van der Waals surface area contributed by atoms with E-state index in [4.69, 9.17) is 48.9 Å². The number of halogens is 2. The normalized spacial score (nSPS) is 20.8. The molecule has 2 aliphatic rings. The molecule has 0 radical (unpaired) electrons. The molecule has 4 aromatic heterocycles. The van der Waals surface area contributed by atoms with Crippen molar-refractivity contribution in [3.63, 3.8) is 0 Å². The second-order valence-corrected chi connectivity index (χ2v) is 20.2. The number of nitrogen functional groups attached to an aromatic ring is 1. The maximum absolute atomic E-state index is 17.7. The molecule has 5 N–H and O–H groups in total. The molecule has 436 valence electrons. The summed E-state index contributed by atoms with van der Waals surface area (Å²) in [4.78, 5) is 38.9. The van der Waals surface area contributed by atoms with E-state index in [-0.39, 0.29) is 11.5 Å². The Morgan fingerprint density at radius 2 is 1.00 bits per heavy atom. The van der Waals surface area contributed by atoms with E-state index in [1.807, 2.05) is 158 Å². The third kappa shape index (κ3) is 10.6. The number of hydrogen-bond acceptors (Lipinski definition) is 18. The summed E-state index contributed by atoms with van der Waals surface area (Å²) in [6, 6.07) is 49.8. The molecule has 2 fully saturated rings. The van der Waals surface area contributed by atoms with Gasteiger partial charge in [-0.2, -0.15) is 0 Å². The van der Waals surface area contributed by atoms with Gasteiger partial charge in [0.1, 0.15) is 76.7 Å². The molecule has 2 aliphatic heterocycles. The first-order valence-electron chi connectivity index (χ1n) is 27.0. The summed E-state index contributed by atoms with van der Waals surface area (Å²) in [7, 11) is 6.42. The van der Waals surface area contributed by atoms with E-state index in [0.717, 1.165) is 16.7 Å². The van der Waals surface area contributed by atoms with Gasteiger partial charge in [0.25, 0.3) is 0 Å². The highest BCUT2D eigenvalue weighted by molar-refractivity contribution is 5.84. The van der Waals surface area contributed by atoms with Gasteiger partial charge < -0.3 is 59.2 Å². The number of anilines is 2. The van der Waals surface area contributed by atoms with Crippen LogP contribution in [-0.4, -0.2) is 127 Å². The molecule has 0 saturated carbocycles. The van der Waals surface area contributed by atoms with Crippen LogP contribution in [0.1, 0.15) is 52.8 Å². The van der Waals surface area contributed by atoms with Crippen molar-refractivity contribution in [3.05, 3.63) is 216 Å². The number of nitrogens with two attached hydrogens (primary N) is 1. The van der Waals surface area contributed by atoms with Crippen LogP contribution in [-0.2, 0) is 30.1 Å². The van der Waals surface area contributed by atoms with Crippen LogP contribution in [0.15, 0.2) is 183 Å². The Balaban J connectivity index is 0.000000316. The van der Waals surface area contributed by atoms with Gasteiger partial charge in [-0.1, -0.05) is 109 Å². The van der Waals surface area contributed by atoms with Crippen LogP contribution in [0.5, 0.6) is 23.0 Å². The molecular weight excluding hydrogens is 1090 g/mol. The minimum absolute atomic E-state index is 0.176.